The predicted octanol–water partition coefficient (Wildman–Crippen LogP) is 3.27. The molecule has 7 nitrogen and oxygen atoms in total. The molecule has 0 saturated heterocycles. The lowest BCUT2D eigenvalue weighted by molar-refractivity contribution is -0.384. The van der Waals surface area contributed by atoms with Gasteiger partial charge in [0.2, 0.25) is 11.7 Å². The Bertz CT molecular complexity index is 859. The van der Waals surface area contributed by atoms with Gasteiger partial charge < -0.3 is 9.42 Å². The van der Waals surface area contributed by atoms with E-state index < -0.39 is 0 Å². The van der Waals surface area contributed by atoms with Gasteiger partial charge in [0.1, 0.15) is 0 Å². The zero-order chi connectivity index (χ0) is 15.8. The number of hydrogen-bond donors (Lipinski definition) is 0. The highest BCUT2D eigenvalue weighted by Crippen LogP contribution is 2.32. The molecule has 1 aliphatic heterocycles. The second-order valence-corrected chi connectivity index (χ2v) is 6.18. The summed E-state index contributed by atoms with van der Waals surface area (Å²) in [5.41, 5.74) is 2.10. The van der Waals surface area contributed by atoms with Crippen molar-refractivity contribution in [2.45, 2.75) is 13.0 Å². The first-order valence-corrected chi connectivity index (χ1v) is 7.97. The molecular formula is C15H12N4O3S. The third-order valence-electron chi connectivity index (χ3n) is 3.80. The summed E-state index contributed by atoms with van der Waals surface area (Å²) in [6.45, 7) is 1.29. The number of hydrogen-bond acceptors (Lipinski definition) is 7. The molecule has 0 radical (unpaired) electrons. The molecule has 23 heavy (non-hydrogen) atoms. The van der Waals surface area contributed by atoms with Gasteiger partial charge in [0.05, 0.1) is 16.3 Å². The van der Waals surface area contributed by atoms with Crippen LogP contribution in [-0.4, -0.2) is 21.6 Å². The van der Waals surface area contributed by atoms with Crippen molar-refractivity contribution in [1.82, 2.24) is 10.1 Å². The number of nitrogens with zero attached hydrogens (tertiary/aromatic N) is 4. The van der Waals surface area contributed by atoms with E-state index in [0.717, 1.165) is 29.1 Å². The van der Waals surface area contributed by atoms with Crippen molar-refractivity contribution in [2.75, 3.05) is 11.4 Å². The fourth-order valence-corrected chi connectivity index (χ4v) is 3.37. The highest BCUT2D eigenvalue weighted by atomic mass is 32.1. The molecule has 0 spiro atoms. The third-order valence-corrected chi connectivity index (χ3v) is 4.67. The van der Waals surface area contributed by atoms with Crippen molar-refractivity contribution in [3.8, 4) is 10.7 Å². The summed E-state index contributed by atoms with van der Waals surface area (Å²) in [6.07, 6.45) is 0.781. The Morgan fingerprint density at radius 1 is 1.39 bits per heavy atom. The molecule has 2 aromatic heterocycles. The van der Waals surface area contributed by atoms with E-state index in [9.17, 15) is 10.1 Å². The number of fused-ring (bicyclic) bond motifs is 1. The zero-order valence-electron chi connectivity index (χ0n) is 12.0. The number of nitro groups is 1. The van der Waals surface area contributed by atoms with E-state index in [-0.39, 0.29) is 10.6 Å². The maximum atomic E-state index is 10.8. The van der Waals surface area contributed by atoms with Gasteiger partial charge in [0, 0.05) is 24.4 Å². The first kappa shape index (κ1) is 13.9. The molecule has 8 heteroatoms. The van der Waals surface area contributed by atoms with Gasteiger partial charge in [-0.3, -0.25) is 10.1 Å². The molecule has 0 aliphatic carbocycles. The monoisotopic (exact) mass is 328 g/mol. The minimum Gasteiger partial charge on any atom is -0.362 e. The van der Waals surface area contributed by atoms with E-state index in [1.807, 2.05) is 17.5 Å². The normalized spacial score (nSPS) is 13.3. The van der Waals surface area contributed by atoms with Crippen LogP contribution in [0.3, 0.4) is 0 Å². The second kappa shape index (κ2) is 5.47. The average Bonchev–Trinajstić information content (AvgIpc) is 3.27. The summed E-state index contributed by atoms with van der Waals surface area (Å²) in [4.78, 5) is 18.0. The minimum atomic E-state index is -0.367. The van der Waals surface area contributed by atoms with Crippen LogP contribution < -0.4 is 4.90 Å². The Balaban J connectivity index is 1.54. The Morgan fingerprint density at radius 2 is 2.30 bits per heavy atom. The summed E-state index contributed by atoms with van der Waals surface area (Å²) in [6, 6.07) is 8.85. The lowest BCUT2D eigenvalue weighted by Gasteiger charge is -2.16. The topological polar surface area (TPSA) is 85.3 Å². The van der Waals surface area contributed by atoms with E-state index in [0.29, 0.717) is 18.3 Å². The number of benzene rings is 1. The lowest BCUT2D eigenvalue weighted by Crippen LogP contribution is -2.19. The number of thiophene rings is 1. The predicted molar refractivity (Wildman–Crippen MR) is 85.5 cm³/mol. The van der Waals surface area contributed by atoms with Crippen molar-refractivity contribution in [1.29, 1.82) is 0 Å². The molecule has 0 bridgehead atoms. The minimum absolute atomic E-state index is 0.128. The maximum Gasteiger partial charge on any atom is 0.269 e. The number of anilines is 1. The molecule has 1 aromatic carbocycles. The summed E-state index contributed by atoms with van der Waals surface area (Å²) in [7, 11) is 0. The van der Waals surface area contributed by atoms with Crippen LogP contribution in [0, 0.1) is 10.1 Å². The van der Waals surface area contributed by atoms with Crippen LogP contribution >= 0.6 is 11.3 Å². The van der Waals surface area contributed by atoms with Gasteiger partial charge in [-0.1, -0.05) is 11.2 Å². The number of non-ortho nitro benzene ring substituents is 1. The molecule has 0 amide bonds. The van der Waals surface area contributed by atoms with Gasteiger partial charge in [0.15, 0.2) is 0 Å². The van der Waals surface area contributed by atoms with Gasteiger partial charge in [-0.15, -0.1) is 11.3 Å². The van der Waals surface area contributed by atoms with Crippen LogP contribution in [0.5, 0.6) is 0 Å². The van der Waals surface area contributed by atoms with Crippen LogP contribution in [0.4, 0.5) is 11.4 Å². The van der Waals surface area contributed by atoms with E-state index in [4.69, 9.17) is 4.52 Å². The Kier molecular flexibility index (Phi) is 3.30. The SMILES string of the molecule is O=[N+]([O-])c1ccc2c(c1)CCN2Cc1nc(-c2cccs2)no1. The maximum absolute atomic E-state index is 10.8. The van der Waals surface area contributed by atoms with Crippen molar-refractivity contribution in [3.05, 3.63) is 57.3 Å². The Morgan fingerprint density at radius 3 is 3.09 bits per heavy atom. The second-order valence-electron chi connectivity index (χ2n) is 5.23. The van der Waals surface area contributed by atoms with Crippen molar-refractivity contribution in [3.63, 3.8) is 0 Å². The highest BCUT2D eigenvalue weighted by molar-refractivity contribution is 7.13. The first-order valence-electron chi connectivity index (χ1n) is 7.09. The van der Waals surface area contributed by atoms with Gasteiger partial charge in [-0.25, -0.2) is 0 Å². The van der Waals surface area contributed by atoms with E-state index in [1.165, 1.54) is 6.07 Å². The molecule has 0 atom stereocenters. The van der Waals surface area contributed by atoms with Crippen LogP contribution in [0.2, 0.25) is 0 Å². The van der Waals surface area contributed by atoms with Crippen LogP contribution in [0.1, 0.15) is 11.5 Å². The zero-order valence-corrected chi connectivity index (χ0v) is 12.8. The molecule has 0 fully saturated rings. The molecule has 116 valence electrons. The van der Waals surface area contributed by atoms with Gasteiger partial charge >= 0.3 is 0 Å². The summed E-state index contributed by atoms with van der Waals surface area (Å²) >= 11 is 1.56. The fourth-order valence-electron chi connectivity index (χ4n) is 2.72. The Labute approximate surface area is 135 Å². The lowest BCUT2D eigenvalue weighted by atomic mass is 10.1. The molecule has 0 N–H and O–H groups in total. The molecule has 1 aliphatic rings. The molecule has 0 saturated carbocycles. The smallest absolute Gasteiger partial charge is 0.269 e. The standard InChI is InChI=1S/C15H12N4O3S/c20-19(21)11-3-4-12-10(8-11)5-6-18(12)9-14-16-15(17-22-14)13-2-1-7-23-13/h1-4,7-8H,5-6,9H2. The van der Waals surface area contributed by atoms with Crippen LogP contribution in [0.15, 0.2) is 40.2 Å². The summed E-state index contributed by atoms with van der Waals surface area (Å²) in [5.74, 6) is 1.14. The van der Waals surface area contributed by atoms with E-state index in [1.54, 1.807) is 23.5 Å². The molecule has 0 unspecified atom stereocenters. The number of nitro benzene ring substituents is 1. The molecule has 3 aromatic rings. The van der Waals surface area contributed by atoms with Crippen molar-refractivity contribution < 1.29 is 9.45 Å². The van der Waals surface area contributed by atoms with Crippen LogP contribution in [0.25, 0.3) is 10.7 Å². The first-order chi connectivity index (χ1) is 11.2. The number of aromatic nitrogens is 2. The molecule has 3 heterocycles. The quantitative estimate of drug-likeness (QED) is 0.540. The Hall–Kier alpha value is -2.74. The van der Waals surface area contributed by atoms with Crippen molar-refractivity contribution in [2.24, 2.45) is 0 Å². The molecule has 4 rings (SSSR count). The summed E-state index contributed by atoms with van der Waals surface area (Å²) in [5, 5.41) is 16.8. The van der Waals surface area contributed by atoms with Crippen LogP contribution in [-0.2, 0) is 13.0 Å². The fraction of sp³-hybridized carbons (Fsp3) is 0.200. The third kappa shape index (κ3) is 2.57. The summed E-state index contributed by atoms with van der Waals surface area (Å²) < 4.78 is 5.32. The largest absolute Gasteiger partial charge is 0.362 e. The van der Waals surface area contributed by atoms with E-state index in [2.05, 4.69) is 15.0 Å². The average molecular weight is 328 g/mol. The van der Waals surface area contributed by atoms with Gasteiger partial charge in [-0.2, -0.15) is 4.98 Å². The van der Waals surface area contributed by atoms with Gasteiger partial charge in [-0.05, 0) is 29.5 Å². The number of rotatable bonds is 4. The van der Waals surface area contributed by atoms with E-state index >= 15 is 0 Å². The molecular weight excluding hydrogens is 316 g/mol. The van der Waals surface area contributed by atoms with Crippen molar-refractivity contribution >= 4 is 22.7 Å². The highest BCUT2D eigenvalue weighted by Gasteiger charge is 2.23. The van der Waals surface area contributed by atoms with Gasteiger partial charge in [0.25, 0.3) is 5.69 Å².